The fraction of sp³-hybridized carbons (Fsp3) is 0.923. The van der Waals surface area contributed by atoms with Crippen molar-refractivity contribution in [1.82, 2.24) is 0 Å². The van der Waals surface area contributed by atoms with Crippen LogP contribution in [0.2, 0.25) is 0 Å². The summed E-state index contributed by atoms with van der Waals surface area (Å²) < 4.78 is 11.4. The van der Waals surface area contributed by atoms with Gasteiger partial charge in [-0.3, -0.25) is 4.79 Å². The second-order valence-corrected chi connectivity index (χ2v) is 6.19. The summed E-state index contributed by atoms with van der Waals surface area (Å²) in [5.41, 5.74) is 5.95. The van der Waals surface area contributed by atoms with Gasteiger partial charge in [-0.25, -0.2) is 0 Å². The van der Waals surface area contributed by atoms with Crippen LogP contribution < -0.4 is 5.73 Å². The van der Waals surface area contributed by atoms with E-state index in [1.165, 1.54) is 0 Å². The zero-order chi connectivity index (χ0) is 13.6. The number of hydrogen-bond acceptors (Lipinski definition) is 4. The van der Waals surface area contributed by atoms with E-state index in [0.717, 1.165) is 6.42 Å². The van der Waals surface area contributed by atoms with E-state index >= 15 is 0 Å². The Morgan fingerprint density at radius 2 is 1.94 bits per heavy atom. The first kappa shape index (κ1) is 13.8. The summed E-state index contributed by atoms with van der Waals surface area (Å²) >= 11 is 0. The van der Waals surface area contributed by atoms with E-state index in [-0.39, 0.29) is 29.7 Å². The second-order valence-electron chi connectivity index (χ2n) is 6.19. The first-order valence-electron chi connectivity index (χ1n) is 6.52. The molecule has 2 fully saturated rings. The standard InChI is InChI=1S/C13H23NO4/c1-12(2)8(9(14)7-11(15)16)6-10(12)13(3)17-4-5-18-13/h8-10H,4-7,14H2,1-3H3,(H,15,16)/t8-,9+,10-/m1/s1. The minimum Gasteiger partial charge on any atom is -0.481 e. The van der Waals surface area contributed by atoms with Gasteiger partial charge in [0.25, 0.3) is 0 Å². The van der Waals surface area contributed by atoms with Gasteiger partial charge in [0.1, 0.15) is 0 Å². The second kappa shape index (κ2) is 4.47. The fourth-order valence-corrected chi connectivity index (χ4v) is 3.65. The molecular weight excluding hydrogens is 234 g/mol. The molecule has 3 atom stereocenters. The van der Waals surface area contributed by atoms with E-state index in [9.17, 15) is 4.79 Å². The summed E-state index contributed by atoms with van der Waals surface area (Å²) in [6.45, 7) is 7.50. The maximum absolute atomic E-state index is 10.7. The van der Waals surface area contributed by atoms with Crippen LogP contribution in [0.1, 0.15) is 33.6 Å². The lowest BCUT2D eigenvalue weighted by Crippen LogP contribution is -2.61. The molecule has 1 aliphatic heterocycles. The molecule has 0 aromatic carbocycles. The number of rotatable bonds is 4. The molecule has 104 valence electrons. The molecule has 1 saturated carbocycles. The molecule has 5 nitrogen and oxygen atoms in total. The van der Waals surface area contributed by atoms with Crippen LogP contribution in [0, 0.1) is 17.3 Å². The van der Waals surface area contributed by atoms with Crippen molar-refractivity contribution in [3.63, 3.8) is 0 Å². The van der Waals surface area contributed by atoms with Gasteiger partial charge in [0.05, 0.1) is 19.6 Å². The first-order chi connectivity index (χ1) is 8.27. The van der Waals surface area contributed by atoms with Crippen molar-refractivity contribution in [2.45, 2.75) is 45.4 Å². The van der Waals surface area contributed by atoms with E-state index < -0.39 is 11.8 Å². The average molecular weight is 257 g/mol. The van der Waals surface area contributed by atoms with Crippen LogP contribution in [-0.2, 0) is 14.3 Å². The van der Waals surface area contributed by atoms with Gasteiger partial charge >= 0.3 is 5.97 Å². The smallest absolute Gasteiger partial charge is 0.304 e. The molecule has 0 radical (unpaired) electrons. The third-order valence-corrected chi connectivity index (χ3v) is 4.76. The minimum atomic E-state index is -0.832. The number of carbonyl (C=O) groups is 1. The summed E-state index contributed by atoms with van der Waals surface area (Å²) in [6, 6.07) is -0.293. The Kier molecular flexibility index (Phi) is 3.42. The van der Waals surface area contributed by atoms with Crippen LogP contribution in [0.4, 0.5) is 0 Å². The molecular formula is C13H23NO4. The molecule has 1 heterocycles. The lowest BCUT2D eigenvalue weighted by atomic mass is 9.50. The van der Waals surface area contributed by atoms with Crippen LogP contribution in [0.3, 0.4) is 0 Å². The Hall–Kier alpha value is -0.650. The Morgan fingerprint density at radius 3 is 2.39 bits per heavy atom. The molecule has 0 spiro atoms. The van der Waals surface area contributed by atoms with Gasteiger partial charge in [0.15, 0.2) is 5.79 Å². The average Bonchev–Trinajstić information content (AvgIpc) is 2.62. The Labute approximate surface area is 108 Å². The first-order valence-corrected chi connectivity index (χ1v) is 6.52. The van der Waals surface area contributed by atoms with E-state index in [2.05, 4.69) is 13.8 Å². The van der Waals surface area contributed by atoms with Crippen molar-refractivity contribution in [3.8, 4) is 0 Å². The van der Waals surface area contributed by atoms with Crippen molar-refractivity contribution in [1.29, 1.82) is 0 Å². The maximum atomic E-state index is 10.7. The predicted molar refractivity (Wildman–Crippen MR) is 65.9 cm³/mol. The number of aliphatic carboxylic acids is 1. The van der Waals surface area contributed by atoms with E-state index in [1.54, 1.807) is 0 Å². The van der Waals surface area contributed by atoms with Crippen LogP contribution >= 0.6 is 0 Å². The van der Waals surface area contributed by atoms with Gasteiger partial charge < -0.3 is 20.3 Å². The Bertz CT molecular complexity index is 336. The molecule has 2 aliphatic rings. The van der Waals surface area contributed by atoms with Crippen molar-refractivity contribution in [2.24, 2.45) is 23.0 Å². The van der Waals surface area contributed by atoms with Gasteiger partial charge in [0, 0.05) is 12.0 Å². The molecule has 0 aromatic rings. The third kappa shape index (κ3) is 2.15. The topological polar surface area (TPSA) is 81.8 Å². The van der Waals surface area contributed by atoms with Gasteiger partial charge in [-0.2, -0.15) is 0 Å². The highest BCUT2D eigenvalue weighted by Crippen LogP contribution is 2.58. The van der Waals surface area contributed by atoms with Crippen molar-refractivity contribution in [3.05, 3.63) is 0 Å². The molecule has 0 bridgehead atoms. The van der Waals surface area contributed by atoms with E-state index in [4.69, 9.17) is 20.3 Å². The van der Waals surface area contributed by atoms with Gasteiger partial charge in [-0.05, 0) is 24.7 Å². The largest absolute Gasteiger partial charge is 0.481 e. The molecule has 0 unspecified atom stereocenters. The van der Waals surface area contributed by atoms with Crippen LogP contribution in [0.25, 0.3) is 0 Å². The van der Waals surface area contributed by atoms with Crippen LogP contribution in [-0.4, -0.2) is 36.1 Å². The molecule has 5 heteroatoms. The fourth-order valence-electron chi connectivity index (χ4n) is 3.65. The summed E-state index contributed by atoms with van der Waals surface area (Å²) in [5.74, 6) is -0.870. The van der Waals surface area contributed by atoms with Gasteiger partial charge in [-0.1, -0.05) is 13.8 Å². The zero-order valence-electron chi connectivity index (χ0n) is 11.3. The van der Waals surface area contributed by atoms with Gasteiger partial charge in [0.2, 0.25) is 0 Å². The summed E-state index contributed by atoms with van der Waals surface area (Å²) in [7, 11) is 0. The quantitative estimate of drug-likeness (QED) is 0.791. The number of ether oxygens (including phenoxy) is 2. The normalized spacial score (nSPS) is 34.9. The molecule has 0 amide bonds. The van der Waals surface area contributed by atoms with Crippen molar-refractivity contribution < 1.29 is 19.4 Å². The highest BCUT2D eigenvalue weighted by molar-refractivity contribution is 5.67. The van der Waals surface area contributed by atoms with Crippen LogP contribution in [0.5, 0.6) is 0 Å². The summed E-state index contributed by atoms with van der Waals surface area (Å²) in [5, 5.41) is 8.82. The highest BCUT2D eigenvalue weighted by atomic mass is 16.7. The molecule has 2 rings (SSSR count). The predicted octanol–water partition coefficient (Wildman–Crippen LogP) is 1.21. The van der Waals surface area contributed by atoms with Crippen LogP contribution in [0.15, 0.2) is 0 Å². The molecule has 0 aromatic heterocycles. The summed E-state index contributed by atoms with van der Waals surface area (Å²) in [4.78, 5) is 10.7. The molecule has 18 heavy (non-hydrogen) atoms. The number of hydrogen-bond donors (Lipinski definition) is 2. The molecule has 1 aliphatic carbocycles. The zero-order valence-corrected chi connectivity index (χ0v) is 11.3. The molecule has 1 saturated heterocycles. The minimum absolute atomic E-state index is 0.0270. The van der Waals surface area contributed by atoms with E-state index in [1.807, 2.05) is 6.92 Å². The number of carboxylic acids is 1. The molecule has 3 N–H and O–H groups in total. The highest BCUT2D eigenvalue weighted by Gasteiger charge is 2.59. The van der Waals surface area contributed by atoms with Crippen molar-refractivity contribution in [2.75, 3.05) is 13.2 Å². The Morgan fingerprint density at radius 1 is 1.39 bits per heavy atom. The van der Waals surface area contributed by atoms with Crippen molar-refractivity contribution >= 4 is 5.97 Å². The number of carboxylic acid groups (broad SMARTS) is 1. The van der Waals surface area contributed by atoms with E-state index in [0.29, 0.717) is 13.2 Å². The van der Waals surface area contributed by atoms with Gasteiger partial charge in [-0.15, -0.1) is 0 Å². The lowest BCUT2D eigenvalue weighted by Gasteiger charge is -2.58. The number of nitrogens with two attached hydrogens (primary N) is 1. The maximum Gasteiger partial charge on any atom is 0.304 e. The lowest BCUT2D eigenvalue weighted by molar-refractivity contribution is -0.255. The Balaban J connectivity index is 2.02. The summed E-state index contributed by atoms with van der Waals surface area (Å²) in [6.07, 6.45) is 0.900. The third-order valence-electron chi connectivity index (χ3n) is 4.76. The SMILES string of the molecule is CC1([C@@H]2C[C@H]([C@@H](N)CC(=O)O)C2(C)C)OCCO1. The monoisotopic (exact) mass is 257 g/mol.